The Morgan fingerprint density at radius 2 is 1.88 bits per heavy atom. The number of hydrogen-bond donors (Lipinski definition) is 2. The van der Waals surface area contributed by atoms with Gasteiger partial charge in [0.15, 0.2) is 0 Å². The van der Waals surface area contributed by atoms with Gasteiger partial charge >= 0.3 is 5.97 Å². The third-order valence-electron chi connectivity index (χ3n) is 7.90. The Kier molecular flexibility index (Phi) is 7.42. The van der Waals surface area contributed by atoms with E-state index in [4.69, 9.17) is 4.74 Å². The van der Waals surface area contributed by atoms with E-state index in [0.717, 1.165) is 24.8 Å². The van der Waals surface area contributed by atoms with E-state index >= 15 is 0 Å². The van der Waals surface area contributed by atoms with Crippen molar-refractivity contribution in [3.8, 4) is 0 Å². The van der Waals surface area contributed by atoms with E-state index in [9.17, 15) is 14.7 Å². The summed E-state index contributed by atoms with van der Waals surface area (Å²) in [4.78, 5) is 26.7. The number of carbonyl (C=O) groups is 2. The summed E-state index contributed by atoms with van der Waals surface area (Å²) < 4.78 is 6.14. The average Bonchev–Trinajstić information content (AvgIpc) is 3.07. The van der Waals surface area contributed by atoms with Gasteiger partial charge in [-0.1, -0.05) is 80.8 Å². The largest absolute Gasteiger partial charge is 0.444 e. The van der Waals surface area contributed by atoms with Gasteiger partial charge < -0.3 is 15.2 Å². The van der Waals surface area contributed by atoms with Crippen molar-refractivity contribution in [2.24, 2.45) is 23.7 Å². The minimum Gasteiger partial charge on any atom is -0.444 e. The van der Waals surface area contributed by atoms with Crippen molar-refractivity contribution in [3.05, 3.63) is 71.8 Å². The van der Waals surface area contributed by atoms with Crippen molar-refractivity contribution in [1.29, 1.82) is 0 Å². The molecule has 2 N–H and O–H groups in total. The first-order valence-corrected chi connectivity index (χ1v) is 12.6. The van der Waals surface area contributed by atoms with Crippen molar-refractivity contribution in [2.45, 2.75) is 70.6 Å². The molecule has 2 aliphatic heterocycles. The van der Waals surface area contributed by atoms with E-state index in [1.165, 1.54) is 17.7 Å². The number of amides is 1. The topological polar surface area (TPSA) is 75.6 Å². The first-order valence-electron chi connectivity index (χ1n) is 12.6. The molecule has 0 aromatic heterocycles. The van der Waals surface area contributed by atoms with Crippen LogP contribution in [0.2, 0.25) is 0 Å². The number of rotatable bonds is 2. The molecule has 1 fully saturated rings. The lowest BCUT2D eigenvalue weighted by atomic mass is 9.63. The Morgan fingerprint density at radius 3 is 2.65 bits per heavy atom. The average molecular weight is 464 g/mol. The number of ether oxygens (including phenoxy) is 1. The van der Waals surface area contributed by atoms with Crippen LogP contribution in [-0.4, -0.2) is 34.7 Å². The van der Waals surface area contributed by atoms with Crippen LogP contribution in [0.25, 0.3) is 0 Å². The molecule has 1 aliphatic carbocycles. The SMILES string of the molecule is CC1=C[C@@H]2C=CC[C@H](C)CCC[C@@H](O)C=CC(=O)O[C@]23C(=O)N[C@@H](Cc2ccccc2)[C@@H]3[C@@H]1C. The van der Waals surface area contributed by atoms with Crippen molar-refractivity contribution < 1.29 is 19.4 Å². The number of nitrogens with one attached hydrogen (secondary N) is 1. The summed E-state index contributed by atoms with van der Waals surface area (Å²) in [6.45, 7) is 6.44. The Balaban J connectivity index is 1.75. The summed E-state index contributed by atoms with van der Waals surface area (Å²) in [6, 6.07) is 9.97. The van der Waals surface area contributed by atoms with Crippen LogP contribution in [-0.2, 0) is 20.7 Å². The molecule has 34 heavy (non-hydrogen) atoms. The molecule has 3 aliphatic rings. The van der Waals surface area contributed by atoms with Gasteiger partial charge in [0.25, 0.3) is 5.91 Å². The van der Waals surface area contributed by atoms with Gasteiger partial charge in [-0.2, -0.15) is 0 Å². The van der Waals surface area contributed by atoms with Gasteiger partial charge in [-0.05, 0) is 49.7 Å². The second kappa shape index (κ2) is 10.3. The number of benzene rings is 1. The van der Waals surface area contributed by atoms with E-state index in [0.29, 0.717) is 18.8 Å². The van der Waals surface area contributed by atoms with Gasteiger partial charge in [-0.3, -0.25) is 4.79 Å². The second-order valence-electron chi connectivity index (χ2n) is 10.4. The van der Waals surface area contributed by atoms with E-state index in [1.807, 2.05) is 18.2 Å². The van der Waals surface area contributed by atoms with Crippen LogP contribution < -0.4 is 5.32 Å². The molecule has 1 aromatic carbocycles. The Bertz CT molecular complexity index is 981. The van der Waals surface area contributed by atoms with Gasteiger partial charge in [-0.15, -0.1) is 0 Å². The van der Waals surface area contributed by atoms with Crippen molar-refractivity contribution in [1.82, 2.24) is 5.32 Å². The van der Waals surface area contributed by atoms with Crippen LogP contribution in [0.1, 0.15) is 52.0 Å². The van der Waals surface area contributed by atoms with Crippen molar-refractivity contribution >= 4 is 11.9 Å². The maximum atomic E-state index is 13.7. The Morgan fingerprint density at radius 1 is 1.12 bits per heavy atom. The van der Waals surface area contributed by atoms with Crippen LogP contribution in [0.3, 0.4) is 0 Å². The predicted molar refractivity (Wildman–Crippen MR) is 133 cm³/mol. The molecule has 1 aromatic rings. The van der Waals surface area contributed by atoms with E-state index in [1.54, 1.807) is 0 Å². The molecule has 1 spiro atoms. The first-order chi connectivity index (χ1) is 16.3. The minimum atomic E-state index is -1.31. The Labute approximate surface area is 203 Å². The van der Waals surface area contributed by atoms with E-state index in [2.05, 4.69) is 56.4 Å². The zero-order chi connectivity index (χ0) is 24.3. The fourth-order valence-electron chi connectivity index (χ4n) is 5.92. The summed E-state index contributed by atoms with van der Waals surface area (Å²) in [7, 11) is 0. The highest BCUT2D eigenvalue weighted by molar-refractivity contribution is 5.94. The van der Waals surface area contributed by atoms with Gasteiger partial charge in [-0.25, -0.2) is 4.79 Å². The van der Waals surface area contributed by atoms with Gasteiger partial charge in [0.2, 0.25) is 5.60 Å². The monoisotopic (exact) mass is 463 g/mol. The van der Waals surface area contributed by atoms with E-state index < -0.39 is 17.7 Å². The highest BCUT2D eigenvalue weighted by Crippen LogP contribution is 2.50. The smallest absolute Gasteiger partial charge is 0.331 e. The summed E-state index contributed by atoms with van der Waals surface area (Å²) in [6.07, 6.45) is 12.5. The molecule has 5 heteroatoms. The lowest BCUT2D eigenvalue weighted by Gasteiger charge is -2.44. The normalized spacial score (nSPS) is 36.5. The van der Waals surface area contributed by atoms with Crippen molar-refractivity contribution in [2.75, 3.05) is 0 Å². The predicted octanol–water partition coefficient (Wildman–Crippen LogP) is 4.52. The summed E-state index contributed by atoms with van der Waals surface area (Å²) in [5, 5.41) is 13.5. The van der Waals surface area contributed by atoms with Crippen LogP contribution in [0.5, 0.6) is 0 Å². The van der Waals surface area contributed by atoms with Crippen LogP contribution in [0.4, 0.5) is 0 Å². The molecule has 182 valence electrons. The molecule has 1 saturated heterocycles. The standard InChI is InChI=1S/C29H37NO4/c1-19-9-7-13-23-17-20(2)21(3)27-25(18-22-11-5-4-6-12-22)30-28(33)29(23,27)34-26(32)16-15-24(31)14-8-10-19/h4-7,11-13,15-17,19,21,23-25,27,31H,8-10,14,18H2,1-3H3,(H,30,33)/t19-,21+,23-,24+,25-,27-,29+/m0/s1. The van der Waals surface area contributed by atoms with Crippen LogP contribution in [0.15, 0.2) is 66.3 Å². The number of aliphatic hydroxyl groups is 1. The molecule has 1 amide bonds. The summed E-state index contributed by atoms with van der Waals surface area (Å²) >= 11 is 0. The second-order valence-corrected chi connectivity index (χ2v) is 10.4. The fraction of sp³-hybridized carbons (Fsp3) is 0.517. The van der Waals surface area contributed by atoms with Crippen molar-refractivity contribution in [3.63, 3.8) is 0 Å². The highest BCUT2D eigenvalue weighted by atomic mass is 16.6. The molecule has 2 heterocycles. The zero-order valence-electron chi connectivity index (χ0n) is 20.4. The number of hydrogen-bond acceptors (Lipinski definition) is 4. The maximum Gasteiger partial charge on any atom is 0.331 e. The van der Waals surface area contributed by atoms with E-state index in [-0.39, 0.29) is 29.7 Å². The van der Waals surface area contributed by atoms with Gasteiger partial charge in [0.05, 0.1) is 6.10 Å². The summed E-state index contributed by atoms with van der Waals surface area (Å²) in [5.74, 6) is -0.813. The number of allylic oxidation sites excluding steroid dienone is 2. The quantitative estimate of drug-likeness (QED) is 0.499. The molecule has 4 rings (SSSR count). The third-order valence-corrected chi connectivity index (χ3v) is 7.90. The summed E-state index contributed by atoms with van der Waals surface area (Å²) in [5.41, 5.74) is 1.04. The number of carbonyl (C=O) groups excluding carboxylic acids is 2. The highest BCUT2D eigenvalue weighted by Gasteiger charge is 2.64. The molecule has 0 bridgehead atoms. The van der Waals surface area contributed by atoms with Gasteiger partial charge in [0, 0.05) is 24.0 Å². The van der Waals surface area contributed by atoms with Crippen LogP contribution >= 0.6 is 0 Å². The third kappa shape index (κ3) is 4.90. The van der Waals surface area contributed by atoms with Gasteiger partial charge in [0.1, 0.15) is 0 Å². The zero-order valence-corrected chi connectivity index (χ0v) is 20.4. The van der Waals surface area contributed by atoms with Crippen LogP contribution in [0, 0.1) is 23.7 Å². The molecule has 7 atom stereocenters. The lowest BCUT2D eigenvalue weighted by Crippen LogP contribution is -2.56. The molecule has 0 radical (unpaired) electrons. The number of esters is 1. The molecule has 0 unspecified atom stereocenters. The molecular formula is C29H37NO4. The lowest BCUT2D eigenvalue weighted by molar-refractivity contribution is -0.172. The fourth-order valence-corrected chi connectivity index (χ4v) is 5.92. The molecule has 5 nitrogen and oxygen atoms in total. The molecular weight excluding hydrogens is 426 g/mol. The molecule has 0 saturated carbocycles. The first kappa shape index (κ1) is 24.5. The maximum absolute atomic E-state index is 13.7. The Hall–Kier alpha value is -2.66. The number of aliphatic hydroxyl groups excluding tert-OH is 1. The minimum absolute atomic E-state index is 0.0671.